The van der Waals surface area contributed by atoms with Gasteiger partial charge in [0.1, 0.15) is 0 Å². The van der Waals surface area contributed by atoms with E-state index in [2.05, 4.69) is 24.3 Å². The molecule has 0 spiro atoms. The van der Waals surface area contributed by atoms with Crippen LogP contribution in [-0.4, -0.2) is 37.1 Å². The number of halogens is 1. The van der Waals surface area contributed by atoms with Crippen molar-refractivity contribution in [1.82, 2.24) is 4.90 Å². The molecule has 0 bridgehead atoms. The van der Waals surface area contributed by atoms with E-state index in [0.29, 0.717) is 42.1 Å². The summed E-state index contributed by atoms with van der Waals surface area (Å²) in [5.41, 5.74) is 2.25. The van der Waals surface area contributed by atoms with Crippen LogP contribution in [0.2, 0.25) is 5.02 Å². The Morgan fingerprint density at radius 1 is 1.07 bits per heavy atom. The fourth-order valence-electron chi connectivity index (χ4n) is 3.86. The molecule has 4 rings (SSSR count). The molecule has 142 valence electrons. The fourth-order valence-corrected chi connectivity index (χ4v) is 4.15. The highest BCUT2D eigenvalue weighted by molar-refractivity contribution is 6.32. The predicted octanol–water partition coefficient (Wildman–Crippen LogP) is 4.45. The maximum Gasteiger partial charge on any atom is 0.226 e. The molecule has 0 aromatic heterocycles. The highest BCUT2D eigenvalue weighted by Crippen LogP contribution is 2.38. The van der Waals surface area contributed by atoms with E-state index in [9.17, 15) is 4.79 Å². The van der Waals surface area contributed by atoms with Crippen LogP contribution in [-0.2, 0) is 11.2 Å². The number of ether oxygens (including phenoxy) is 2. The SMILES string of the molecule is O=C(Cc1cc(Cl)c2c(c1)OCCCO2)N1CCC(c2ccccc2)CC1. The first kappa shape index (κ1) is 18.2. The lowest BCUT2D eigenvalue weighted by molar-refractivity contribution is -0.131. The average Bonchev–Trinajstić information content (AvgIpc) is 2.95. The summed E-state index contributed by atoms with van der Waals surface area (Å²) in [6.45, 7) is 2.81. The number of rotatable bonds is 3. The van der Waals surface area contributed by atoms with E-state index in [-0.39, 0.29) is 5.91 Å². The van der Waals surface area contributed by atoms with Crippen molar-refractivity contribution in [2.75, 3.05) is 26.3 Å². The van der Waals surface area contributed by atoms with Crippen LogP contribution >= 0.6 is 11.6 Å². The summed E-state index contributed by atoms with van der Waals surface area (Å²) in [6.07, 6.45) is 3.19. The van der Waals surface area contributed by atoms with Gasteiger partial charge in [-0.25, -0.2) is 0 Å². The highest BCUT2D eigenvalue weighted by atomic mass is 35.5. The van der Waals surface area contributed by atoms with E-state index in [1.54, 1.807) is 0 Å². The van der Waals surface area contributed by atoms with Crippen molar-refractivity contribution in [2.24, 2.45) is 0 Å². The van der Waals surface area contributed by atoms with Crippen molar-refractivity contribution in [3.63, 3.8) is 0 Å². The Hall–Kier alpha value is -2.20. The molecular formula is C22H24ClNO3. The minimum absolute atomic E-state index is 0.145. The van der Waals surface area contributed by atoms with Gasteiger partial charge in [0.15, 0.2) is 11.5 Å². The zero-order valence-corrected chi connectivity index (χ0v) is 16.1. The molecule has 2 aromatic rings. The van der Waals surface area contributed by atoms with E-state index < -0.39 is 0 Å². The van der Waals surface area contributed by atoms with E-state index in [1.807, 2.05) is 23.1 Å². The third-order valence-corrected chi connectivity index (χ3v) is 5.62. The number of piperidine rings is 1. The van der Waals surface area contributed by atoms with Gasteiger partial charge in [0.25, 0.3) is 0 Å². The lowest BCUT2D eigenvalue weighted by Gasteiger charge is -2.32. The summed E-state index contributed by atoms with van der Waals surface area (Å²) in [5.74, 6) is 1.93. The molecule has 4 nitrogen and oxygen atoms in total. The number of fused-ring (bicyclic) bond motifs is 1. The van der Waals surface area contributed by atoms with Gasteiger partial charge in [-0.1, -0.05) is 41.9 Å². The molecule has 0 unspecified atom stereocenters. The molecule has 1 amide bonds. The second-order valence-electron chi connectivity index (χ2n) is 7.20. The normalized spacial score (nSPS) is 17.4. The second-order valence-corrected chi connectivity index (χ2v) is 7.61. The smallest absolute Gasteiger partial charge is 0.226 e. The van der Waals surface area contributed by atoms with E-state index >= 15 is 0 Å². The maximum atomic E-state index is 12.8. The summed E-state index contributed by atoms with van der Waals surface area (Å²) in [4.78, 5) is 14.7. The molecule has 0 radical (unpaired) electrons. The zero-order valence-electron chi connectivity index (χ0n) is 15.3. The summed E-state index contributed by atoms with van der Waals surface area (Å²) in [5, 5.41) is 0.514. The van der Waals surface area contributed by atoms with Crippen LogP contribution < -0.4 is 9.47 Å². The minimum Gasteiger partial charge on any atom is -0.489 e. The van der Waals surface area contributed by atoms with Crippen molar-refractivity contribution in [3.05, 3.63) is 58.6 Å². The molecular weight excluding hydrogens is 362 g/mol. The van der Waals surface area contributed by atoms with Crippen LogP contribution in [0.15, 0.2) is 42.5 Å². The molecule has 2 aromatic carbocycles. The Balaban J connectivity index is 1.39. The standard InChI is InChI=1S/C22H24ClNO3/c23-19-13-16(14-20-22(19)27-12-4-11-26-20)15-21(25)24-9-7-18(8-10-24)17-5-2-1-3-6-17/h1-3,5-6,13-14,18H,4,7-12,15H2. The van der Waals surface area contributed by atoms with Crippen LogP contribution in [0.3, 0.4) is 0 Å². The molecule has 27 heavy (non-hydrogen) atoms. The molecule has 0 aliphatic carbocycles. The molecule has 2 aliphatic rings. The first-order valence-electron chi connectivity index (χ1n) is 9.61. The van der Waals surface area contributed by atoms with Crippen LogP contribution in [0, 0.1) is 0 Å². The van der Waals surface area contributed by atoms with E-state index in [0.717, 1.165) is 37.9 Å². The predicted molar refractivity (Wildman–Crippen MR) is 106 cm³/mol. The van der Waals surface area contributed by atoms with Gasteiger partial charge in [-0.2, -0.15) is 0 Å². The van der Waals surface area contributed by atoms with Crippen LogP contribution in [0.4, 0.5) is 0 Å². The molecule has 0 saturated carbocycles. The minimum atomic E-state index is 0.145. The Bertz CT molecular complexity index is 801. The van der Waals surface area contributed by atoms with Crippen molar-refractivity contribution in [2.45, 2.75) is 31.6 Å². The van der Waals surface area contributed by atoms with Gasteiger partial charge >= 0.3 is 0 Å². The molecule has 1 fully saturated rings. The highest BCUT2D eigenvalue weighted by Gasteiger charge is 2.24. The molecule has 0 N–H and O–H groups in total. The number of likely N-dealkylation sites (tertiary alicyclic amines) is 1. The number of benzene rings is 2. The Kier molecular flexibility index (Phi) is 5.53. The number of hydrogen-bond acceptors (Lipinski definition) is 3. The van der Waals surface area contributed by atoms with Gasteiger partial charge in [-0.3, -0.25) is 4.79 Å². The molecule has 1 saturated heterocycles. The van der Waals surface area contributed by atoms with Crippen LogP contribution in [0.25, 0.3) is 0 Å². The largest absolute Gasteiger partial charge is 0.489 e. The van der Waals surface area contributed by atoms with E-state index in [1.165, 1.54) is 5.56 Å². The molecule has 2 aliphatic heterocycles. The van der Waals surface area contributed by atoms with Crippen molar-refractivity contribution in [1.29, 1.82) is 0 Å². The second kappa shape index (κ2) is 8.22. The lowest BCUT2D eigenvalue weighted by Crippen LogP contribution is -2.38. The van der Waals surface area contributed by atoms with Crippen molar-refractivity contribution in [3.8, 4) is 11.5 Å². The summed E-state index contributed by atoms with van der Waals surface area (Å²) in [6, 6.07) is 14.3. The molecule has 0 atom stereocenters. The Morgan fingerprint density at radius 3 is 2.59 bits per heavy atom. The van der Waals surface area contributed by atoms with Gasteiger partial charge in [-0.15, -0.1) is 0 Å². The third kappa shape index (κ3) is 4.22. The summed E-state index contributed by atoms with van der Waals surface area (Å²) in [7, 11) is 0. The number of carbonyl (C=O) groups excluding carboxylic acids is 1. The molecule has 2 heterocycles. The van der Waals surface area contributed by atoms with Gasteiger partial charge in [0, 0.05) is 19.5 Å². The first-order chi connectivity index (χ1) is 13.2. The topological polar surface area (TPSA) is 38.8 Å². The van der Waals surface area contributed by atoms with Crippen molar-refractivity contribution >= 4 is 17.5 Å². The number of nitrogens with zero attached hydrogens (tertiary/aromatic N) is 1. The summed E-state index contributed by atoms with van der Waals surface area (Å²) >= 11 is 6.35. The number of carbonyl (C=O) groups is 1. The van der Waals surface area contributed by atoms with Gasteiger partial charge in [-0.05, 0) is 42.0 Å². The maximum absolute atomic E-state index is 12.8. The lowest BCUT2D eigenvalue weighted by atomic mass is 9.89. The quantitative estimate of drug-likeness (QED) is 0.783. The van der Waals surface area contributed by atoms with E-state index in [4.69, 9.17) is 21.1 Å². The zero-order chi connectivity index (χ0) is 18.6. The first-order valence-corrected chi connectivity index (χ1v) is 9.99. The number of amides is 1. The average molecular weight is 386 g/mol. The van der Waals surface area contributed by atoms with Crippen molar-refractivity contribution < 1.29 is 14.3 Å². The monoisotopic (exact) mass is 385 g/mol. The van der Waals surface area contributed by atoms with Crippen LogP contribution in [0.5, 0.6) is 11.5 Å². The fraction of sp³-hybridized carbons (Fsp3) is 0.409. The Morgan fingerprint density at radius 2 is 1.81 bits per heavy atom. The van der Waals surface area contributed by atoms with Gasteiger partial charge in [0.2, 0.25) is 5.91 Å². The van der Waals surface area contributed by atoms with Gasteiger partial charge < -0.3 is 14.4 Å². The summed E-state index contributed by atoms with van der Waals surface area (Å²) < 4.78 is 11.4. The third-order valence-electron chi connectivity index (χ3n) is 5.34. The number of hydrogen-bond donors (Lipinski definition) is 0. The Labute approximate surface area is 165 Å². The molecule has 5 heteroatoms. The van der Waals surface area contributed by atoms with Crippen LogP contribution in [0.1, 0.15) is 36.3 Å². The van der Waals surface area contributed by atoms with Gasteiger partial charge in [0.05, 0.1) is 24.7 Å².